The van der Waals surface area contributed by atoms with E-state index in [9.17, 15) is 4.79 Å². The summed E-state index contributed by atoms with van der Waals surface area (Å²) in [5, 5.41) is 8.89. The molecular weight excluding hydrogens is 440 g/mol. The molecule has 0 spiro atoms. The molecule has 0 amide bonds. The van der Waals surface area contributed by atoms with Gasteiger partial charge in [-0.05, 0) is 49.3 Å². The monoisotopic (exact) mass is 472 g/mol. The Balaban J connectivity index is 1.57. The van der Waals surface area contributed by atoms with Crippen LogP contribution in [0.25, 0.3) is 0 Å². The van der Waals surface area contributed by atoms with Crippen LogP contribution in [0.1, 0.15) is 35.3 Å². The van der Waals surface area contributed by atoms with Gasteiger partial charge < -0.3 is 14.4 Å². The van der Waals surface area contributed by atoms with Crippen LogP contribution < -0.4 is 4.90 Å². The van der Waals surface area contributed by atoms with Gasteiger partial charge in [0.15, 0.2) is 0 Å². The van der Waals surface area contributed by atoms with E-state index in [1.807, 2.05) is 32.0 Å². The molecule has 1 aliphatic heterocycles. The number of carbonyl (C=O) groups is 1. The predicted molar refractivity (Wildman–Crippen MR) is 137 cm³/mol. The van der Waals surface area contributed by atoms with Crippen molar-refractivity contribution in [1.82, 2.24) is 9.88 Å². The van der Waals surface area contributed by atoms with Crippen molar-refractivity contribution >= 4 is 11.8 Å². The summed E-state index contributed by atoms with van der Waals surface area (Å²) in [5.74, 6) is 0.863. The van der Waals surface area contributed by atoms with Crippen LogP contribution in [0.4, 0.5) is 5.82 Å². The van der Waals surface area contributed by atoms with E-state index >= 15 is 0 Å². The number of piperazine rings is 1. The Hall–Kier alpha value is -3.89. The molecule has 0 saturated carbocycles. The highest BCUT2D eigenvalue weighted by Crippen LogP contribution is 2.21. The van der Waals surface area contributed by atoms with Crippen LogP contribution in [0.15, 0.2) is 79.2 Å². The summed E-state index contributed by atoms with van der Waals surface area (Å²) in [4.78, 5) is 21.5. The lowest BCUT2D eigenvalue weighted by Gasteiger charge is -2.36. The van der Waals surface area contributed by atoms with Gasteiger partial charge in [-0.25, -0.2) is 9.78 Å². The van der Waals surface area contributed by atoms with E-state index in [2.05, 4.69) is 40.1 Å². The van der Waals surface area contributed by atoms with Gasteiger partial charge in [-0.1, -0.05) is 37.4 Å². The summed E-state index contributed by atoms with van der Waals surface area (Å²) in [7, 11) is 0. The molecule has 1 aromatic heterocycles. The van der Waals surface area contributed by atoms with E-state index in [1.54, 1.807) is 30.5 Å². The molecule has 0 aliphatic carbocycles. The molecule has 1 aromatic carbocycles. The first-order valence-electron chi connectivity index (χ1n) is 11.7. The standard InChI is InChI=1S/C28H32N4O3/c1-5-25(16-22(4)18-29)34-20-24-9-6-8-23(17-24)19-31-12-14-32(15-13-31)27-26(10-7-11-30-27)28(33)35-21(2)3/h5-11,16-17,21H,1,4,12-15,19-20H2,2-3H3/b25-16+. The van der Waals surface area contributed by atoms with Crippen molar-refractivity contribution < 1.29 is 14.3 Å². The number of anilines is 1. The molecule has 0 unspecified atom stereocenters. The Morgan fingerprint density at radius 2 is 1.94 bits per heavy atom. The summed E-state index contributed by atoms with van der Waals surface area (Å²) in [6.45, 7) is 15.5. The van der Waals surface area contributed by atoms with Crippen molar-refractivity contribution in [2.75, 3.05) is 31.1 Å². The molecule has 2 heterocycles. The van der Waals surface area contributed by atoms with Gasteiger partial charge in [-0.3, -0.25) is 4.90 Å². The summed E-state index contributed by atoms with van der Waals surface area (Å²) in [6, 6.07) is 13.8. The molecule has 7 heteroatoms. The number of aromatic nitrogens is 1. The van der Waals surface area contributed by atoms with Crippen molar-refractivity contribution in [3.63, 3.8) is 0 Å². The first kappa shape index (κ1) is 25.7. The molecule has 1 fully saturated rings. The first-order valence-corrected chi connectivity index (χ1v) is 11.7. The minimum Gasteiger partial charge on any atom is -0.489 e. The Morgan fingerprint density at radius 1 is 1.20 bits per heavy atom. The number of rotatable bonds is 10. The van der Waals surface area contributed by atoms with E-state index in [1.165, 1.54) is 5.56 Å². The maximum atomic E-state index is 12.5. The number of pyridine rings is 1. The van der Waals surface area contributed by atoms with Crippen LogP contribution in [0.2, 0.25) is 0 Å². The van der Waals surface area contributed by atoms with E-state index in [-0.39, 0.29) is 12.1 Å². The number of nitrogens with zero attached hydrogens (tertiary/aromatic N) is 4. The fourth-order valence-corrected chi connectivity index (χ4v) is 3.81. The third-order valence-electron chi connectivity index (χ3n) is 5.49. The summed E-state index contributed by atoms with van der Waals surface area (Å²) < 4.78 is 11.2. The summed E-state index contributed by atoms with van der Waals surface area (Å²) in [5.41, 5.74) is 3.07. The lowest BCUT2D eigenvalue weighted by Crippen LogP contribution is -2.46. The lowest BCUT2D eigenvalue weighted by atomic mass is 10.1. The smallest absolute Gasteiger partial charge is 0.342 e. The minimum absolute atomic E-state index is 0.176. The second-order valence-electron chi connectivity index (χ2n) is 8.59. The molecule has 2 aromatic rings. The third kappa shape index (κ3) is 7.56. The van der Waals surface area contributed by atoms with Gasteiger partial charge in [-0.15, -0.1) is 0 Å². The number of benzene rings is 1. The molecule has 3 rings (SSSR count). The number of carbonyl (C=O) groups excluding carboxylic acids is 1. The van der Waals surface area contributed by atoms with E-state index in [0.717, 1.165) is 38.3 Å². The number of ether oxygens (including phenoxy) is 2. The zero-order chi connectivity index (χ0) is 25.2. The molecule has 0 bridgehead atoms. The first-order chi connectivity index (χ1) is 16.9. The van der Waals surface area contributed by atoms with Crippen LogP contribution in [0.3, 0.4) is 0 Å². The Kier molecular flexibility index (Phi) is 9.22. The number of nitriles is 1. The van der Waals surface area contributed by atoms with Crippen LogP contribution in [0.5, 0.6) is 0 Å². The average molecular weight is 473 g/mol. The van der Waals surface area contributed by atoms with E-state index < -0.39 is 0 Å². The van der Waals surface area contributed by atoms with Crippen LogP contribution in [-0.2, 0) is 22.6 Å². The van der Waals surface area contributed by atoms with Gasteiger partial charge in [0, 0.05) is 44.5 Å². The minimum atomic E-state index is -0.337. The normalized spacial score (nSPS) is 14.3. The molecule has 0 N–H and O–H groups in total. The average Bonchev–Trinajstić information content (AvgIpc) is 2.86. The van der Waals surface area contributed by atoms with Crippen LogP contribution in [-0.4, -0.2) is 48.1 Å². The Bertz CT molecular complexity index is 1130. The van der Waals surface area contributed by atoms with Gasteiger partial charge in [-0.2, -0.15) is 5.26 Å². The third-order valence-corrected chi connectivity index (χ3v) is 5.49. The number of hydrogen-bond acceptors (Lipinski definition) is 7. The molecule has 0 radical (unpaired) electrons. The van der Waals surface area contributed by atoms with Gasteiger partial charge in [0.05, 0.1) is 12.2 Å². The maximum absolute atomic E-state index is 12.5. The van der Waals surface area contributed by atoms with Gasteiger partial charge in [0.25, 0.3) is 0 Å². The number of allylic oxidation sites excluding steroid dienone is 3. The zero-order valence-corrected chi connectivity index (χ0v) is 20.4. The molecule has 35 heavy (non-hydrogen) atoms. The maximum Gasteiger partial charge on any atom is 0.342 e. The van der Waals surface area contributed by atoms with Gasteiger partial charge >= 0.3 is 5.97 Å². The number of esters is 1. The van der Waals surface area contributed by atoms with Crippen molar-refractivity contribution in [2.24, 2.45) is 0 Å². The highest BCUT2D eigenvalue weighted by Gasteiger charge is 2.23. The van der Waals surface area contributed by atoms with E-state index in [4.69, 9.17) is 14.7 Å². The highest BCUT2D eigenvalue weighted by molar-refractivity contribution is 5.94. The zero-order valence-electron chi connectivity index (χ0n) is 20.4. The summed E-state index contributed by atoms with van der Waals surface area (Å²) >= 11 is 0. The molecule has 7 nitrogen and oxygen atoms in total. The highest BCUT2D eigenvalue weighted by atomic mass is 16.5. The van der Waals surface area contributed by atoms with Crippen molar-refractivity contribution in [1.29, 1.82) is 5.26 Å². The lowest BCUT2D eigenvalue weighted by molar-refractivity contribution is 0.0378. The second-order valence-corrected chi connectivity index (χ2v) is 8.59. The predicted octanol–water partition coefficient (Wildman–Crippen LogP) is 4.64. The molecule has 1 saturated heterocycles. The molecule has 1 aliphatic rings. The van der Waals surface area contributed by atoms with Gasteiger partial charge in [0.1, 0.15) is 23.7 Å². The fraction of sp³-hybridized carbons (Fsp3) is 0.321. The molecule has 0 atom stereocenters. The number of hydrogen-bond donors (Lipinski definition) is 0. The van der Waals surface area contributed by atoms with Crippen molar-refractivity contribution in [2.45, 2.75) is 33.1 Å². The Morgan fingerprint density at radius 3 is 2.63 bits per heavy atom. The fourth-order valence-electron chi connectivity index (χ4n) is 3.81. The topological polar surface area (TPSA) is 78.7 Å². The quantitative estimate of drug-likeness (QED) is 0.216. The largest absolute Gasteiger partial charge is 0.489 e. The molecule has 182 valence electrons. The second kappa shape index (κ2) is 12.5. The van der Waals surface area contributed by atoms with Gasteiger partial charge in [0.2, 0.25) is 0 Å². The van der Waals surface area contributed by atoms with E-state index in [0.29, 0.717) is 29.3 Å². The Labute approximate surface area is 207 Å². The summed E-state index contributed by atoms with van der Waals surface area (Å²) in [6.07, 6.45) is 4.68. The van der Waals surface area contributed by atoms with Crippen LogP contribution in [0, 0.1) is 11.3 Å². The van der Waals surface area contributed by atoms with Crippen LogP contribution >= 0.6 is 0 Å². The SMILES string of the molecule is C=C/C(=C\C(=C)C#N)OCc1cccc(CN2CCN(c3ncccc3C(=O)OC(C)C)CC2)c1. The van der Waals surface area contributed by atoms with Crippen molar-refractivity contribution in [3.8, 4) is 6.07 Å². The molecular formula is C28H32N4O3. The van der Waals surface area contributed by atoms with Crippen molar-refractivity contribution in [3.05, 3.63) is 95.9 Å².